The van der Waals surface area contributed by atoms with Crippen molar-refractivity contribution in [2.45, 2.75) is 25.8 Å². The monoisotopic (exact) mass is 384 g/mol. The van der Waals surface area contributed by atoms with Gasteiger partial charge in [0.2, 0.25) is 0 Å². The Balaban J connectivity index is 0.00000156. The summed E-state index contributed by atoms with van der Waals surface area (Å²) in [6.07, 6.45) is 4.84. The number of nitrogens with one attached hydrogen (secondary N) is 1. The second-order valence-corrected chi connectivity index (χ2v) is 6.17. The van der Waals surface area contributed by atoms with Crippen LogP contribution in [-0.4, -0.2) is 47.0 Å². The number of rotatable bonds is 5. The van der Waals surface area contributed by atoms with Gasteiger partial charge >= 0.3 is 0 Å². The van der Waals surface area contributed by atoms with E-state index in [0.717, 1.165) is 37.4 Å². The summed E-state index contributed by atoms with van der Waals surface area (Å²) >= 11 is 0. The number of carbonyl (C=O) groups excluding carboxylic acids is 1. The quantitative estimate of drug-likeness (QED) is 0.861. The van der Waals surface area contributed by atoms with Gasteiger partial charge < -0.3 is 14.8 Å². The molecule has 1 atom stereocenters. The van der Waals surface area contributed by atoms with Crippen molar-refractivity contribution >= 4 is 30.7 Å². The van der Waals surface area contributed by atoms with Crippen molar-refractivity contribution in [1.82, 2.24) is 19.8 Å². The zero-order chi connectivity index (χ0) is 16.2. The number of hydrogen-bond donors (Lipinski definition) is 1. The van der Waals surface area contributed by atoms with E-state index in [1.165, 1.54) is 5.56 Å². The third-order valence-electron chi connectivity index (χ3n) is 4.64. The minimum atomic E-state index is 0. The van der Waals surface area contributed by atoms with Gasteiger partial charge in [0.1, 0.15) is 5.82 Å². The maximum absolute atomic E-state index is 12.8. The molecule has 1 N–H and O–H groups in total. The summed E-state index contributed by atoms with van der Waals surface area (Å²) in [6, 6.07) is 8.03. The van der Waals surface area contributed by atoms with Crippen molar-refractivity contribution in [2.24, 2.45) is 0 Å². The fraction of sp³-hybridized carbons (Fsp3) is 0.444. The molecule has 0 aliphatic carbocycles. The number of carbonyl (C=O) groups is 1. The van der Waals surface area contributed by atoms with E-state index >= 15 is 0 Å². The highest BCUT2D eigenvalue weighted by Crippen LogP contribution is 2.26. The molecule has 5 nitrogen and oxygen atoms in total. The van der Waals surface area contributed by atoms with Crippen molar-refractivity contribution in [1.29, 1.82) is 0 Å². The Morgan fingerprint density at radius 2 is 2.12 bits per heavy atom. The molecular formula is C18H26Cl2N4O. The lowest BCUT2D eigenvalue weighted by molar-refractivity contribution is 0.0788. The first-order valence-electron chi connectivity index (χ1n) is 8.19. The van der Waals surface area contributed by atoms with E-state index in [1.54, 1.807) is 11.1 Å². The van der Waals surface area contributed by atoms with Crippen LogP contribution in [0.1, 0.15) is 34.1 Å². The summed E-state index contributed by atoms with van der Waals surface area (Å²) in [4.78, 5) is 18.9. The molecule has 1 aliphatic rings. The van der Waals surface area contributed by atoms with Crippen LogP contribution < -0.4 is 5.32 Å². The molecule has 2 aromatic rings. The number of likely N-dealkylation sites (N-methyl/N-ethyl adjacent to an activating group) is 1. The van der Waals surface area contributed by atoms with Crippen LogP contribution in [0.3, 0.4) is 0 Å². The molecule has 1 aromatic carbocycles. The SMILES string of the molecule is Cc1nccn1CCN(C)C(=O)c1ccccc1C1CCNC1.Cl.Cl. The second kappa shape index (κ2) is 9.80. The van der Waals surface area contributed by atoms with Gasteiger partial charge in [0, 0.05) is 44.6 Å². The Labute approximate surface area is 161 Å². The molecule has 0 spiro atoms. The highest BCUT2D eigenvalue weighted by molar-refractivity contribution is 5.95. The van der Waals surface area contributed by atoms with Crippen LogP contribution >= 0.6 is 24.8 Å². The summed E-state index contributed by atoms with van der Waals surface area (Å²) < 4.78 is 2.07. The van der Waals surface area contributed by atoms with Crippen LogP contribution in [0.2, 0.25) is 0 Å². The zero-order valence-electron chi connectivity index (χ0n) is 14.6. The molecule has 2 heterocycles. The molecule has 0 saturated carbocycles. The van der Waals surface area contributed by atoms with Gasteiger partial charge in [0.05, 0.1) is 0 Å². The highest BCUT2D eigenvalue weighted by Gasteiger charge is 2.23. The summed E-state index contributed by atoms with van der Waals surface area (Å²) in [5, 5.41) is 3.38. The zero-order valence-corrected chi connectivity index (χ0v) is 16.3. The molecule has 1 aliphatic heterocycles. The molecule has 1 amide bonds. The van der Waals surface area contributed by atoms with E-state index < -0.39 is 0 Å². The topological polar surface area (TPSA) is 50.2 Å². The Morgan fingerprint density at radius 1 is 1.36 bits per heavy atom. The van der Waals surface area contributed by atoms with Gasteiger partial charge in [-0.1, -0.05) is 18.2 Å². The van der Waals surface area contributed by atoms with Gasteiger partial charge in [-0.05, 0) is 37.4 Å². The molecule has 7 heteroatoms. The summed E-state index contributed by atoms with van der Waals surface area (Å²) in [5.41, 5.74) is 2.01. The number of halogens is 2. The third kappa shape index (κ3) is 4.97. The number of nitrogens with zero attached hydrogens (tertiary/aromatic N) is 3. The van der Waals surface area contributed by atoms with E-state index in [-0.39, 0.29) is 30.7 Å². The number of benzene rings is 1. The Morgan fingerprint density at radius 3 is 2.76 bits per heavy atom. The molecule has 3 rings (SSSR count). The first-order valence-corrected chi connectivity index (χ1v) is 8.19. The molecule has 1 aromatic heterocycles. The first kappa shape index (κ1) is 21.5. The summed E-state index contributed by atoms with van der Waals surface area (Å²) in [7, 11) is 1.87. The van der Waals surface area contributed by atoms with Crippen LogP contribution in [0, 0.1) is 6.92 Å². The predicted octanol–water partition coefficient (Wildman–Crippen LogP) is 2.88. The average molecular weight is 385 g/mol. The van der Waals surface area contributed by atoms with Crippen LogP contribution in [0.15, 0.2) is 36.7 Å². The highest BCUT2D eigenvalue weighted by atomic mass is 35.5. The fourth-order valence-electron chi connectivity index (χ4n) is 3.17. The minimum Gasteiger partial charge on any atom is -0.340 e. The minimum absolute atomic E-state index is 0. The van der Waals surface area contributed by atoms with Crippen LogP contribution in [-0.2, 0) is 6.54 Å². The van der Waals surface area contributed by atoms with Crippen molar-refractivity contribution in [2.75, 3.05) is 26.7 Å². The Kier molecular flexibility index (Phi) is 8.42. The fourth-order valence-corrected chi connectivity index (χ4v) is 3.17. The van der Waals surface area contributed by atoms with Crippen molar-refractivity contribution in [3.8, 4) is 0 Å². The molecule has 0 bridgehead atoms. The van der Waals surface area contributed by atoms with E-state index in [0.29, 0.717) is 12.5 Å². The number of hydrogen-bond acceptors (Lipinski definition) is 3. The largest absolute Gasteiger partial charge is 0.340 e. The van der Waals surface area contributed by atoms with Gasteiger partial charge in [-0.25, -0.2) is 4.98 Å². The second-order valence-electron chi connectivity index (χ2n) is 6.17. The molecule has 1 fully saturated rings. The summed E-state index contributed by atoms with van der Waals surface area (Å²) in [5.74, 6) is 1.52. The first-order chi connectivity index (χ1) is 11.2. The molecule has 138 valence electrons. The van der Waals surface area contributed by atoms with Gasteiger partial charge in [-0.2, -0.15) is 0 Å². The van der Waals surface area contributed by atoms with Crippen molar-refractivity contribution < 1.29 is 4.79 Å². The van der Waals surface area contributed by atoms with Crippen LogP contribution in [0.4, 0.5) is 0 Å². The Hall–Kier alpha value is -1.56. The average Bonchev–Trinajstić information content (AvgIpc) is 3.23. The lowest BCUT2D eigenvalue weighted by Gasteiger charge is -2.21. The predicted molar refractivity (Wildman–Crippen MR) is 105 cm³/mol. The number of amides is 1. The number of imidazole rings is 1. The number of aryl methyl sites for hydroxylation is 1. The van der Waals surface area contributed by atoms with Gasteiger partial charge in [0.15, 0.2) is 0 Å². The smallest absolute Gasteiger partial charge is 0.253 e. The molecule has 1 saturated heterocycles. The maximum Gasteiger partial charge on any atom is 0.253 e. The van der Waals surface area contributed by atoms with E-state index in [1.807, 2.05) is 38.4 Å². The standard InChI is InChI=1S/C18H24N4O.2ClH/c1-14-20-9-10-22(14)12-11-21(2)18(23)17-6-4-3-5-16(17)15-7-8-19-13-15;;/h3-6,9-10,15,19H,7-8,11-13H2,1-2H3;2*1H. The van der Waals surface area contributed by atoms with Crippen molar-refractivity contribution in [3.05, 3.63) is 53.6 Å². The maximum atomic E-state index is 12.8. The third-order valence-corrected chi connectivity index (χ3v) is 4.64. The van der Waals surface area contributed by atoms with Crippen LogP contribution in [0.5, 0.6) is 0 Å². The summed E-state index contributed by atoms with van der Waals surface area (Å²) in [6.45, 7) is 5.41. The van der Waals surface area contributed by atoms with Crippen molar-refractivity contribution in [3.63, 3.8) is 0 Å². The lowest BCUT2D eigenvalue weighted by atomic mass is 9.93. The molecule has 0 radical (unpaired) electrons. The van der Waals surface area contributed by atoms with Gasteiger partial charge in [-0.15, -0.1) is 24.8 Å². The lowest BCUT2D eigenvalue weighted by Crippen LogP contribution is -2.31. The van der Waals surface area contributed by atoms with E-state index in [2.05, 4.69) is 20.9 Å². The van der Waals surface area contributed by atoms with Crippen LogP contribution in [0.25, 0.3) is 0 Å². The Bertz CT molecular complexity index is 683. The molecular weight excluding hydrogens is 359 g/mol. The number of aromatic nitrogens is 2. The van der Waals surface area contributed by atoms with Gasteiger partial charge in [0.25, 0.3) is 5.91 Å². The molecule has 25 heavy (non-hydrogen) atoms. The normalized spacial score (nSPS) is 16.0. The van der Waals surface area contributed by atoms with Gasteiger partial charge in [-0.3, -0.25) is 4.79 Å². The molecule has 1 unspecified atom stereocenters. The van der Waals surface area contributed by atoms with E-state index in [9.17, 15) is 4.79 Å². The van der Waals surface area contributed by atoms with E-state index in [4.69, 9.17) is 0 Å².